The predicted molar refractivity (Wildman–Crippen MR) is 95.5 cm³/mol. The normalized spacial score (nSPS) is 47.9. The molecule has 0 aromatic rings. The molecule has 0 amide bonds. The van der Waals surface area contributed by atoms with Gasteiger partial charge >= 0.3 is 11.9 Å². The molecule has 0 aromatic heterocycles. The van der Waals surface area contributed by atoms with Crippen LogP contribution < -0.4 is 0 Å². The van der Waals surface area contributed by atoms with Crippen LogP contribution in [0.2, 0.25) is 0 Å². The number of hydrogen-bond donors (Lipinski definition) is 1. The van der Waals surface area contributed by atoms with E-state index in [1.807, 2.05) is 27.7 Å². The monoisotopic (exact) mass is 384 g/mol. The van der Waals surface area contributed by atoms with E-state index in [2.05, 4.69) is 0 Å². The van der Waals surface area contributed by atoms with Crippen LogP contribution in [0, 0.1) is 28.6 Å². The van der Waals surface area contributed by atoms with Crippen molar-refractivity contribution in [2.24, 2.45) is 28.6 Å². The van der Waals surface area contributed by atoms with Crippen molar-refractivity contribution in [2.75, 3.05) is 13.7 Å². The van der Waals surface area contributed by atoms with Gasteiger partial charge in [0.05, 0.1) is 17.6 Å². The van der Waals surface area contributed by atoms with E-state index in [0.717, 1.165) is 0 Å². The maximum atomic E-state index is 12.3. The first kappa shape index (κ1) is 20.6. The van der Waals surface area contributed by atoms with Crippen molar-refractivity contribution >= 4 is 11.9 Å². The Hall–Kier alpha value is -1.18. The molecule has 2 saturated carbocycles. The highest BCUT2D eigenvalue weighted by Crippen LogP contribution is 2.69. The van der Waals surface area contributed by atoms with Crippen molar-refractivity contribution < 1.29 is 33.6 Å². The molecule has 1 aliphatic heterocycles. The molecule has 0 bridgehead atoms. The molecule has 0 spiro atoms. The van der Waals surface area contributed by atoms with Crippen molar-refractivity contribution in [3.8, 4) is 0 Å². The zero-order valence-corrected chi connectivity index (χ0v) is 17.3. The molecule has 0 aromatic carbocycles. The molecule has 1 heterocycles. The highest BCUT2D eigenvalue weighted by molar-refractivity contribution is 5.67. The van der Waals surface area contributed by atoms with Crippen molar-refractivity contribution in [1.82, 2.24) is 0 Å². The molecule has 3 aliphatic rings. The van der Waals surface area contributed by atoms with E-state index in [0.29, 0.717) is 6.42 Å². The number of esters is 2. The lowest BCUT2D eigenvalue weighted by molar-refractivity contribution is -0.329. The third-order valence-electron chi connectivity index (χ3n) is 7.22. The van der Waals surface area contributed by atoms with Crippen LogP contribution in [0.5, 0.6) is 0 Å². The highest BCUT2D eigenvalue weighted by Gasteiger charge is 2.80. The lowest BCUT2D eigenvalue weighted by atomic mass is 9.54. The summed E-state index contributed by atoms with van der Waals surface area (Å²) >= 11 is 0. The molecule has 1 saturated heterocycles. The van der Waals surface area contributed by atoms with Gasteiger partial charge in [-0.15, -0.1) is 0 Å². The van der Waals surface area contributed by atoms with Gasteiger partial charge in [0.25, 0.3) is 0 Å². The van der Waals surface area contributed by atoms with E-state index in [4.69, 9.17) is 18.9 Å². The first-order chi connectivity index (χ1) is 12.4. The summed E-state index contributed by atoms with van der Waals surface area (Å²) < 4.78 is 23.0. The summed E-state index contributed by atoms with van der Waals surface area (Å²) in [6.45, 7) is 10.8. The lowest BCUT2D eigenvalue weighted by Crippen LogP contribution is -2.70. The third-order valence-corrected chi connectivity index (χ3v) is 7.22. The van der Waals surface area contributed by atoms with Crippen LogP contribution in [0.4, 0.5) is 0 Å². The Labute approximate surface area is 160 Å². The van der Waals surface area contributed by atoms with E-state index >= 15 is 0 Å². The van der Waals surface area contributed by atoms with Crippen molar-refractivity contribution in [1.29, 1.82) is 0 Å². The summed E-state index contributed by atoms with van der Waals surface area (Å²) in [5.41, 5.74) is -2.74. The Morgan fingerprint density at radius 2 is 1.70 bits per heavy atom. The van der Waals surface area contributed by atoms with Gasteiger partial charge < -0.3 is 24.1 Å². The maximum Gasteiger partial charge on any atom is 0.302 e. The second-order valence-electron chi connectivity index (χ2n) is 9.33. The largest absolute Gasteiger partial charge is 0.462 e. The average molecular weight is 384 g/mol. The average Bonchev–Trinajstić information content (AvgIpc) is 2.65. The Morgan fingerprint density at radius 1 is 1.11 bits per heavy atom. The standard InChI is InChI=1S/C20H32O7/c1-10-8-13(26-11(2)21)15-18(4,5)17(27-12(3)22)19(6)9-25-16(24-7)14(10)20(15,19)23/h10,13-17,23H,8-9H2,1-7H3. The van der Waals surface area contributed by atoms with Crippen LogP contribution in [-0.2, 0) is 28.5 Å². The highest BCUT2D eigenvalue weighted by atomic mass is 16.7. The lowest BCUT2D eigenvalue weighted by Gasteiger charge is -2.59. The van der Waals surface area contributed by atoms with Crippen LogP contribution in [0.15, 0.2) is 0 Å². The first-order valence-corrected chi connectivity index (χ1v) is 9.62. The van der Waals surface area contributed by atoms with E-state index in [9.17, 15) is 14.7 Å². The molecule has 7 heteroatoms. The van der Waals surface area contributed by atoms with Gasteiger partial charge in [0.1, 0.15) is 12.2 Å². The molecule has 8 unspecified atom stereocenters. The van der Waals surface area contributed by atoms with Gasteiger partial charge in [-0.2, -0.15) is 0 Å². The molecule has 8 atom stereocenters. The molecule has 27 heavy (non-hydrogen) atoms. The van der Waals surface area contributed by atoms with Crippen molar-refractivity contribution in [2.45, 2.75) is 72.1 Å². The summed E-state index contributed by atoms with van der Waals surface area (Å²) in [5.74, 6) is -1.52. The minimum Gasteiger partial charge on any atom is -0.462 e. The summed E-state index contributed by atoms with van der Waals surface area (Å²) in [7, 11) is 1.57. The molecule has 0 radical (unpaired) electrons. The molecule has 1 N–H and O–H groups in total. The fourth-order valence-electron chi connectivity index (χ4n) is 6.57. The Kier molecular flexibility index (Phi) is 4.89. The van der Waals surface area contributed by atoms with Gasteiger partial charge in [-0.25, -0.2) is 0 Å². The van der Waals surface area contributed by atoms with E-state index < -0.39 is 46.8 Å². The molecular formula is C20H32O7. The first-order valence-electron chi connectivity index (χ1n) is 9.62. The fraction of sp³-hybridized carbons (Fsp3) is 0.900. The third kappa shape index (κ3) is 2.65. The van der Waals surface area contributed by atoms with Gasteiger partial charge in [0.15, 0.2) is 6.29 Å². The maximum absolute atomic E-state index is 12.3. The van der Waals surface area contributed by atoms with Crippen LogP contribution >= 0.6 is 0 Å². The summed E-state index contributed by atoms with van der Waals surface area (Å²) in [6, 6.07) is 0. The Bertz CT molecular complexity index is 632. The second-order valence-corrected chi connectivity index (χ2v) is 9.33. The molecule has 7 nitrogen and oxygen atoms in total. The molecule has 3 fully saturated rings. The van der Waals surface area contributed by atoms with Gasteiger partial charge in [0, 0.05) is 38.2 Å². The molecule has 2 aliphatic carbocycles. The number of carbonyl (C=O) groups excluding carboxylic acids is 2. The van der Waals surface area contributed by atoms with Crippen molar-refractivity contribution in [3.63, 3.8) is 0 Å². The summed E-state index contributed by atoms with van der Waals surface area (Å²) in [4.78, 5) is 23.7. The van der Waals surface area contributed by atoms with E-state index in [-0.39, 0.29) is 24.4 Å². The number of ether oxygens (including phenoxy) is 4. The molecule has 154 valence electrons. The number of methoxy groups -OCH3 is 1. The smallest absolute Gasteiger partial charge is 0.302 e. The van der Waals surface area contributed by atoms with Crippen LogP contribution in [-0.4, -0.2) is 54.9 Å². The summed E-state index contributed by atoms with van der Waals surface area (Å²) in [6.07, 6.45) is -1.02. The number of carbonyl (C=O) groups is 2. The van der Waals surface area contributed by atoms with Gasteiger partial charge in [-0.3, -0.25) is 9.59 Å². The number of aliphatic hydroxyl groups is 1. The molecule has 3 rings (SSSR count). The minimum atomic E-state index is -1.27. The summed E-state index contributed by atoms with van der Waals surface area (Å²) in [5, 5.41) is 12.3. The fourth-order valence-corrected chi connectivity index (χ4v) is 6.57. The van der Waals surface area contributed by atoms with Gasteiger partial charge in [-0.1, -0.05) is 27.7 Å². The zero-order valence-electron chi connectivity index (χ0n) is 17.3. The number of rotatable bonds is 3. The van der Waals surface area contributed by atoms with Crippen LogP contribution in [0.25, 0.3) is 0 Å². The van der Waals surface area contributed by atoms with Gasteiger partial charge in [0.2, 0.25) is 0 Å². The van der Waals surface area contributed by atoms with Crippen LogP contribution in [0.1, 0.15) is 48.0 Å². The second kappa shape index (κ2) is 6.42. The Morgan fingerprint density at radius 3 is 2.22 bits per heavy atom. The van der Waals surface area contributed by atoms with E-state index in [1.54, 1.807) is 7.11 Å². The zero-order chi connectivity index (χ0) is 20.4. The van der Waals surface area contributed by atoms with Crippen LogP contribution in [0.3, 0.4) is 0 Å². The quantitative estimate of drug-likeness (QED) is 0.743. The Balaban J connectivity index is 2.19. The predicted octanol–water partition coefficient (Wildman–Crippen LogP) is 1.90. The van der Waals surface area contributed by atoms with Crippen molar-refractivity contribution in [3.05, 3.63) is 0 Å². The van der Waals surface area contributed by atoms with Gasteiger partial charge in [-0.05, 0) is 12.3 Å². The minimum absolute atomic E-state index is 0.00736. The van der Waals surface area contributed by atoms with E-state index in [1.165, 1.54) is 13.8 Å². The number of hydrogen-bond acceptors (Lipinski definition) is 7. The topological polar surface area (TPSA) is 91.3 Å². The SMILES string of the molecule is COC1OCC2(C)C(OC(C)=O)C(C)(C)C3C(OC(C)=O)CC(C)C1C32O. The molecular weight excluding hydrogens is 352 g/mol.